The van der Waals surface area contributed by atoms with Crippen molar-refractivity contribution < 1.29 is 9.53 Å². The Bertz CT molecular complexity index is 379. The van der Waals surface area contributed by atoms with Gasteiger partial charge in [0.15, 0.2) is 0 Å². The van der Waals surface area contributed by atoms with Gasteiger partial charge in [0, 0.05) is 12.5 Å². The smallest absolute Gasteiger partial charge is 0.250 e. The second-order valence-corrected chi connectivity index (χ2v) is 3.75. The lowest BCUT2D eigenvalue weighted by atomic mass is 9.87. The molecule has 3 aliphatic rings. The topological polar surface area (TPSA) is 38.3 Å². The average Bonchev–Trinajstić information content (AvgIpc) is 2.61. The summed E-state index contributed by atoms with van der Waals surface area (Å²) in [5, 5.41) is 2.81. The summed E-state index contributed by atoms with van der Waals surface area (Å²) in [6, 6.07) is 0. The number of hydrogen-bond donors (Lipinski definition) is 1. The van der Waals surface area contributed by atoms with Crippen LogP contribution in [0.25, 0.3) is 0 Å². The highest BCUT2D eigenvalue weighted by Gasteiger charge is 2.37. The first-order chi connectivity index (χ1) is 6.86. The molecular formula is C11H11NO2. The van der Waals surface area contributed by atoms with Crippen molar-refractivity contribution in [3.63, 3.8) is 0 Å². The van der Waals surface area contributed by atoms with E-state index in [1.807, 2.05) is 18.2 Å². The molecule has 1 N–H and O–H groups in total. The predicted octanol–water partition coefficient (Wildman–Crippen LogP) is 0.554. The molecule has 3 heteroatoms. The maximum absolute atomic E-state index is 11.6. The van der Waals surface area contributed by atoms with Crippen molar-refractivity contribution in [1.82, 2.24) is 5.32 Å². The highest BCUT2D eigenvalue weighted by atomic mass is 16.5. The van der Waals surface area contributed by atoms with Gasteiger partial charge in [0.1, 0.15) is 6.10 Å². The molecule has 3 nitrogen and oxygen atoms in total. The molecule has 3 rings (SSSR count). The molecular weight excluding hydrogens is 178 g/mol. The van der Waals surface area contributed by atoms with Crippen LogP contribution >= 0.6 is 0 Å². The Morgan fingerprint density at radius 3 is 3.29 bits per heavy atom. The molecule has 2 unspecified atom stereocenters. The van der Waals surface area contributed by atoms with Gasteiger partial charge in [-0.3, -0.25) is 4.79 Å². The van der Waals surface area contributed by atoms with Crippen LogP contribution in [0.15, 0.2) is 35.5 Å². The SMILES string of the molecule is O=C1NCC2OCC3C=CC=CC3=C12. The molecule has 1 aliphatic carbocycles. The summed E-state index contributed by atoms with van der Waals surface area (Å²) < 4.78 is 5.62. The van der Waals surface area contributed by atoms with E-state index in [1.165, 1.54) is 0 Å². The Morgan fingerprint density at radius 2 is 2.36 bits per heavy atom. The van der Waals surface area contributed by atoms with Gasteiger partial charge in [-0.2, -0.15) is 0 Å². The zero-order valence-electron chi connectivity index (χ0n) is 7.69. The van der Waals surface area contributed by atoms with E-state index in [0.717, 1.165) is 11.1 Å². The van der Waals surface area contributed by atoms with Crippen LogP contribution in [0.3, 0.4) is 0 Å². The molecule has 1 fully saturated rings. The molecule has 0 radical (unpaired) electrons. The minimum atomic E-state index is -0.0232. The van der Waals surface area contributed by atoms with E-state index < -0.39 is 0 Å². The van der Waals surface area contributed by atoms with Crippen molar-refractivity contribution in [3.05, 3.63) is 35.5 Å². The van der Waals surface area contributed by atoms with Crippen molar-refractivity contribution >= 4 is 5.91 Å². The highest BCUT2D eigenvalue weighted by molar-refractivity contribution is 5.98. The third-order valence-corrected chi connectivity index (χ3v) is 2.93. The van der Waals surface area contributed by atoms with Crippen LogP contribution in [-0.2, 0) is 9.53 Å². The summed E-state index contributed by atoms with van der Waals surface area (Å²) in [5.41, 5.74) is 1.97. The number of hydrogen-bond acceptors (Lipinski definition) is 2. The van der Waals surface area contributed by atoms with Gasteiger partial charge < -0.3 is 10.1 Å². The zero-order valence-corrected chi connectivity index (χ0v) is 7.69. The Kier molecular flexibility index (Phi) is 1.61. The summed E-state index contributed by atoms with van der Waals surface area (Å²) in [5.74, 6) is 0.310. The van der Waals surface area contributed by atoms with E-state index in [0.29, 0.717) is 13.2 Å². The van der Waals surface area contributed by atoms with Gasteiger partial charge in [0.05, 0.1) is 12.2 Å². The first kappa shape index (κ1) is 8.00. The quantitative estimate of drug-likeness (QED) is 0.604. The van der Waals surface area contributed by atoms with Gasteiger partial charge in [-0.25, -0.2) is 0 Å². The van der Waals surface area contributed by atoms with E-state index in [-0.39, 0.29) is 17.9 Å². The molecule has 1 saturated heterocycles. The first-order valence-electron chi connectivity index (χ1n) is 4.85. The lowest BCUT2D eigenvalue weighted by molar-refractivity contribution is -0.116. The van der Waals surface area contributed by atoms with Crippen molar-refractivity contribution in [2.45, 2.75) is 6.10 Å². The van der Waals surface area contributed by atoms with Crippen molar-refractivity contribution in [3.8, 4) is 0 Å². The molecule has 0 aromatic heterocycles. The fraction of sp³-hybridized carbons (Fsp3) is 0.364. The Labute approximate surface area is 82.1 Å². The van der Waals surface area contributed by atoms with Crippen molar-refractivity contribution in [2.24, 2.45) is 5.92 Å². The Morgan fingerprint density at radius 1 is 1.43 bits per heavy atom. The van der Waals surface area contributed by atoms with Crippen LogP contribution in [0, 0.1) is 5.92 Å². The van der Waals surface area contributed by atoms with Crippen molar-refractivity contribution in [1.29, 1.82) is 0 Å². The van der Waals surface area contributed by atoms with Crippen LogP contribution in [0.4, 0.5) is 0 Å². The zero-order chi connectivity index (χ0) is 9.54. The van der Waals surface area contributed by atoms with Gasteiger partial charge in [0.2, 0.25) is 5.91 Å². The lowest BCUT2D eigenvalue weighted by Crippen LogP contribution is -2.29. The van der Waals surface area contributed by atoms with Crippen LogP contribution in [0.5, 0.6) is 0 Å². The molecule has 2 aliphatic heterocycles. The van der Waals surface area contributed by atoms with E-state index in [4.69, 9.17) is 4.74 Å². The maximum atomic E-state index is 11.6. The fourth-order valence-electron chi connectivity index (χ4n) is 2.23. The number of carbonyl (C=O) groups is 1. The van der Waals surface area contributed by atoms with Gasteiger partial charge in [-0.15, -0.1) is 0 Å². The van der Waals surface area contributed by atoms with Crippen LogP contribution in [-0.4, -0.2) is 25.2 Å². The summed E-state index contributed by atoms with van der Waals surface area (Å²) in [7, 11) is 0. The number of rotatable bonds is 0. The normalized spacial score (nSPS) is 34.1. The molecule has 0 spiro atoms. The second-order valence-electron chi connectivity index (χ2n) is 3.75. The molecule has 0 aromatic rings. The van der Waals surface area contributed by atoms with Crippen LogP contribution in [0.2, 0.25) is 0 Å². The lowest BCUT2D eigenvalue weighted by Gasteiger charge is -2.27. The number of carbonyl (C=O) groups excluding carboxylic acids is 1. The number of nitrogens with one attached hydrogen (secondary N) is 1. The van der Waals surface area contributed by atoms with Gasteiger partial charge in [0.25, 0.3) is 0 Å². The summed E-state index contributed by atoms with van der Waals surface area (Å²) >= 11 is 0. The highest BCUT2D eigenvalue weighted by Crippen LogP contribution is 2.32. The fourth-order valence-corrected chi connectivity index (χ4v) is 2.23. The average molecular weight is 189 g/mol. The van der Waals surface area contributed by atoms with Gasteiger partial charge in [-0.1, -0.05) is 24.3 Å². The van der Waals surface area contributed by atoms with Gasteiger partial charge >= 0.3 is 0 Å². The predicted molar refractivity (Wildman–Crippen MR) is 51.5 cm³/mol. The number of ether oxygens (including phenoxy) is 1. The van der Waals surface area contributed by atoms with Gasteiger partial charge in [-0.05, 0) is 5.57 Å². The number of allylic oxidation sites excluding steroid dienone is 3. The third-order valence-electron chi connectivity index (χ3n) is 2.93. The molecule has 0 aromatic carbocycles. The summed E-state index contributed by atoms with van der Waals surface area (Å²) in [4.78, 5) is 11.6. The largest absolute Gasteiger partial charge is 0.370 e. The second kappa shape index (κ2) is 2.82. The molecule has 14 heavy (non-hydrogen) atoms. The Hall–Kier alpha value is -1.35. The Balaban J connectivity index is 2.12. The molecule has 0 saturated carbocycles. The van der Waals surface area contributed by atoms with Crippen LogP contribution in [0.1, 0.15) is 0 Å². The minimum absolute atomic E-state index is 0.0232. The standard InChI is InChI=1S/C11H11NO2/c13-11-10-8-4-2-1-3-7(8)6-14-9(10)5-12-11/h1-4,7,9H,5-6H2,(H,12,13). The van der Waals surface area contributed by atoms with E-state index in [9.17, 15) is 4.79 Å². The van der Waals surface area contributed by atoms with Crippen molar-refractivity contribution in [2.75, 3.05) is 13.2 Å². The van der Waals surface area contributed by atoms with E-state index >= 15 is 0 Å². The minimum Gasteiger partial charge on any atom is -0.370 e. The van der Waals surface area contributed by atoms with Crippen LogP contribution < -0.4 is 5.32 Å². The third kappa shape index (κ3) is 0.990. The molecule has 72 valence electrons. The summed E-state index contributed by atoms with van der Waals surface area (Å²) in [6.45, 7) is 1.32. The molecule has 0 bridgehead atoms. The monoisotopic (exact) mass is 189 g/mol. The molecule has 1 amide bonds. The number of amides is 1. The first-order valence-corrected chi connectivity index (χ1v) is 4.85. The number of fused-ring (bicyclic) bond motifs is 2. The van der Waals surface area contributed by atoms with E-state index in [2.05, 4.69) is 11.4 Å². The van der Waals surface area contributed by atoms with E-state index in [1.54, 1.807) is 0 Å². The maximum Gasteiger partial charge on any atom is 0.250 e. The molecule has 2 heterocycles. The molecule has 2 atom stereocenters. The summed E-state index contributed by atoms with van der Waals surface area (Å²) in [6.07, 6.45) is 8.08.